The first-order valence-electron chi connectivity index (χ1n) is 8.39. The lowest BCUT2D eigenvalue weighted by Gasteiger charge is -2.38. The van der Waals surface area contributed by atoms with Gasteiger partial charge in [0.1, 0.15) is 18.0 Å². The highest BCUT2D eigenvalue weighted by atomic mass is 35.5. The lowest BCUT2D eigenvalue weighted by atomic mass is 9.99. The van der Waals surface area contributed by atoms with E-state index in [1.54, 1.807) is 32.6 Å². The molecule has 144 valence electrons. The molecule has 1 aliphatic rings. The highest BCUT2D eigenvalue weighted by Gasteiger charge is 2.33. The van der Waals surface area contributed by atoms with Gasteiger partial charge in [0.15, 0.2) is 0 Å². The fraction of sp³-hybridized carbons (Fsp3) is 0.556. The van der Waals surface area contributed by atoms with Gasteiger partial charge in [-0.25, -0.2) is 9.18 Å². The predicted molar refractivity (Wildman–Crippen MR) is 95.3 cm³/mol. The molecule has 2 rings (SSSR count). The Hall–Kier alpha value is -1.86. The Kier molecular flexibility index (Phi) is 6.13. The van der Waals surface area contributed by atoms with Gasteiger partial charge in [-0.1, -0.05) is 11.6 Å². The Bertz CT molecular complexity index is 705. The molecule has 0 radical (unpaired) electrons. The van der Waals surface area contributed by atoms with Crippen molar-refractivity contribution in [3.63, 3.8) is 0 Å². The van der Waals surface area contributed by atoms with Crippen molar-refractivity contribution in [1.29, 1.82) is 0 Å². The van der Waals surface area contributed by atoms with Gasteiger partial charge in [-0.15, -0.1) is 0 Å². The van der Waals surface area contributed by atoms with Crippen LogP contribution in [0.15, 0.2) is 12.1 Å². The standard InChI is InChI=1S/C18H24ClFN2O4/c1-11(13-7-12(20)8-15(19)14(13)10-23)22-6-5-21(9-16(22)24)17(25)26-18(2,3)4/h7-8,11,23H,5-6,9-10H2,1-4H3. The van der Waals surface area contributed by atoms with Crippen molar-refractivity contribution in [2.75, 3.05) is 19.6 Å². The zero-order valence-electron chi connectivity index (χ0n) is 15.4. The monoisotopic (exact) mass is 386 g/mol. The molecule has 1 saturated heterocycles. The number of hydrogen-bond donors (Lipinski definition) is 1. The number of benzene rings is 1. The van der Waals surface area contributed by atoms with Crippen LogP contribution in [0.4, 0.5) is 9.18 Å². The number of nitrogens with zero attached hydrogens (tertiary/aromatic N) is 2. The molecule has 1 aliphatic heterocycles. The van der Waals surface area contributed by atoms with Crippen LogP contribution >= 0.6 is 11.6 Å². The number of rotatable bonds is 3. The number of halogens is 2. The molecule has 1 heterocycles. The third-order valence-corrected chi connectivity index (χ3v) is 4.52. The summed E-state index contributed by atoms with van der Waals surface area (Å²) in [6, 6.07) is 1.92. The number of piperazine rings is 1. The summed E-state index contributed by atoms with van der Waals surface area (Å²) in [7, 11) is 0. The number of aliphatic hydroxyl groups is 1. The summed E-state index contributed by atoms with van der Waals surface area (Å²) in [5.41, 5.74) is 0.207. The number of aliphatic hydroxyl groups excluding tert-OH is 1. The molecule has 0 bridgehead atoms. The minimum atomic E-state index is -0.640. The maximum atomic E-state index is 13.8. The minimum absolute atomic E-state index is 0.114. The molecule has 2 amide bonds. The Morgan fingerprint density at radius 1 is 1.38 bits per heavy atom. The van der Waals surface area contributed by atoms with Crippen LogP contribution in [0.5, 0.6) is 0 Å². The lowest BCUT2D eigenvalue weighted by Crippen LogP contribution is -2.53. The molecule has 0 aromatic heterocycles. The quantitative estimate of drug-likeness (QED) is 0.866. The van der Waals surface area contributed by atoms with Gasteiger partial charge in [0.05, 0.1) is 12.6 Å². The molecule has 0 spiro atoms. The third kappa shape index (κ3) is 4.65. The number of carbonyl (C=O) groups is 2. The second-order valence-electron chi connectivity index (χ2n) is 7.28. The Morgan fingerprint density at radius 3 is 2.58 bits per heavy atom. The van der Waals surface area contributed by atoms with E-state index in [9.17, 15) is 19.1 Å². The Balaban J connectivity index is 2.15. The van der Waals surface area contributed by atoms with Crippen molar-refractivity contribution >= 4 is 23.6 Å². The molecule has 6 nitrogen and oxygen atoms in total. The van der Waals surface area contributed by atoms with Crippen molar-refractivity contribution in [2.24, 2.45) is 0 Å². The van der Waals surface area contributed by atoms with E-state index in [0.29, 0.717) is 17.7 Å². The molecule has 0 aliphatic carbocycles. The average molecular weight is 387 g/mol. The van der Waals surface area contributed by atoms with Crippen molar-refractivity contribution in [3.05, 3.63) is 34.1 Å². The maximum absolute atomic E-state index is 13.8. The third-order valence-electron chi connectivity index (χ3n) is 4.18. The van der Waals surface area contributed by atoms with E-state index in [1.807, 2.05) is 0 Å². The second-order valence-corrected chi connectivity index (χ2v) is 7.69. The molecule has 1 unspecified atom stereocenters. The first-order valence-corrected chi connectivity index (χ1v) is 8.77. The summed E-state index contributed by atoms with van der Waals surface area (Å²) in [6.45, 7) is 7.13. The molecule has 1 aromatic rings. The Labute approximate surface area is 157 Å². The molecular weight excluding hydrogens is 363 g/mol. The molecule has 8 heteroatoms. The van der Waals surface area contributed by atoms with E-state index in [0.717, 1.165) is 6.07 Å². The summed E-state index contributed by atoms with van der Waals surface area (Å²) in [4.78, 5) is 27.6. The molecule has 1 aromatic carbocycles. The van der Waals surface area contributed by atoms with Crippen molar-refractivity contribution in [2.45, 2.75) is 45.9 Å². The van der Waals surface area contributed by atoms with Gasteiger partial charge in [-0.3, -0.25) is 9.69 Å². The van der Waals surface area contributed by atoms with Crippen LogP contribution in [-0.4, -0.2) is 52.1 Å². The summed E-state index contributed by atoms with van der Waals surface area (Å²) in [6.07, 6.45) is -0.539. The highest BCUT2D eigenvalue weighted by molar-refractivity contribution is 6.31. The van der Waals surface area contributed by atoms with Gasteiger partial charge in [-0.05, 0) is 45.4 Å². The molecule has 0 saturated carbocycles. The SMILES string of the molecule is CC(c1cc(F)cc(Cl)c1CO)N1CCN(C(=O)OC(C)(C)C)CC1=O. The number of amides is 2. The van der Waals surface area contributed by atoms with Gasteiger partial charge in [0.2, 0.25) is 5.91 Å². The van der Waals surface area contributed by atoms with Crippen molar-refractivity contribution < 1.29 is 23.8 Å². The molecule has 26 heavy (non-hydrogen) atoms. The molecule has 1 N–H and O–H groups in total. The van der Waals surface area contributed by atoms with Crippen LogP contribution in [0.25, 0.3) is 0 Å². The number of ether oxygens (including phenoxy) is 1. The summed E-state index contributed by atoms with van der Waals surface area (Å²) < 4.78 is 19.0. The van der Waals surface area contributed by atoms with Crippen molar-refractivity contribution in [3.8, 4) is 0 Å². The van der Waals surface area contributed by atoms with E-state index in [-0.39, 0.29) is 30.6 Å². The van der Waals surface area contributed by atoms with E-state index in [2.05, 4.69) is 0 Å². The minimum Gasteiger partial charge on any atom is -0.444 e. The molecular formula is C18H24ClFN2O4. The van der Waals surface area contributed by atoms with Gasteiger partial charge in [-0.2, -0.15) is 0 Å². The largest absolute Gasteiger partial charge is 0.444 e. The van der Waals surface area contributed by atoms with Crippen molar-refractivity contribution in [1.82, 2.24) is 9.80 Å². The maximum Gasteiger partial charge on any atom is 0.410 e. The van der Waals surface area contributed by atoms with Crippen LogP contribution in [0.1, 0.15) is 44.9 Å². The zero-order chi connectivity index (χ0) is 19.6. The predicted octanol–water partition coefficient (Wildman–Crippen LogP) is 3.11. The Morgan fingerprint density at radius 2 is 2.04 bits per heavy atom. The van der Waals surface area contributed by atoms with Gasteiger partial charge in [0.25, 0.3) is 0 Å². The second kappa shape index (κ2) is 7.80. The molecule has 1 fully saturated rings. The van der Waals surface area contributed by atoms with E-state index >= 15 is 0 Å². The number of carbonyl (C=O) groups excluding carboxylic acids is 2. The first kappa shape index (κ1) is 20.5. The summed E-state index contributed by atoms with van der Waals surface area (Å²) in [5, 5.41) is 9.67. The zero-order valence-corrected chi connectivity index (χ0v) is 16.1. The van der Waals surface area contributed by atoms with E-state index < -0.39 is 23.6 Å². The fourth-order valence-electron chi connectivity index (χ4n) is 2.91. The number of hydrogen-bond acceptors (Lipinski definition) is 4. The topological polar surface area (TPSA) is 70.1 Å². The van der Waals surface area contributed by atoms with Crippen LogP contribution in [0, 0.1) is 5.82 Å². The first-order chi connectivity index (χ1) is 12.0. The average Bonchev–Trinajstić information content (AvgIpc) is 2.51. The normalized spacial score (nSPS) is 16.7. The van der Waals surface area contributed by atoms with E-state index in [4.69, 9.17) is 16.3 Å². The lowest BCUT2D eigenvalue weighted by molar-refractivity contribution is -0.138. The molecule has 1 atom stereocenters. The summed E-state index contributed by atoms with van der Waals surface area (Å²) >= 11 is 6.01. The fourth-order valence-corrected chi connectivity index (χ4v) is 3.18. The van der Waals surface area contributed by atoms with Gasteiger partial charge in [0, 0.05) is 23.7 Å². The van der Waals surface area contributed by atoms with Crippen LogP contribution in [-0.2, 0) is 16.1 Å². The highest BCUT2D eigenvalue weighted by Crippen LogP contribution is 2.31. The summed E-state index contributed by atoms with van der Waals surface area (Å²) in [5.74, 6) is -0.812. The van der Waals surface area contributed by atoms with Gasteiger partial charge >= 0.3 is 6.09 Å². The van der Waals surface area contributed by atoms with Gasteiger partial charge < -0.3 is 14.7 Å². The van der Waals surface area contributed by atoms with E-state index in [1.165, 1.54) is 11.0 Å². The smallest absolute Gasteiger partial charge is 0.410 e. The van der Waals surface area contributed by atoms with Crippen LogP contribution in [0.3, 0.4) is 0 Å². The van der Waals surface area contributed by atoms with Crippen LogP contribution in [0.2, 0.25) is 5.02 Å². The van der Waals surface area contributed by atoms with Crippen LogP contribution < -0.4 is 0 Å².